The van der Waals surface area contributed by atoms with Gasteiger partial charge in [-0.25, -0.2) is 14.4 Å². The zero-order valence-electron chi connectivity index (χ0n) is 47.5. The van der Waals surface area contributed by atoms with Crippen LogP contribution in [-0.2, 0) is 52.3 Å². The molecular weight excluding hydrogens is 1050 g/mol. The van der Waals surface area contributed by atoms with Crippen molar-refractivity contribution in [2.45, 2.75) is 225 Å². The van der Waals surface area contributed by atoms with E-state index in [9.17, 15) is 75.7 Å². The quantitative estimate of drug-likeness (QED) is 0.0453. The van der Waals surface area contributed by atoms with Crippen molar-refractivity contribution in [2.75, 3.05) is 26.4 Å². The third-order valence-electron chi connectivity index (χ3n) is 21.4. The Bertz CT molecular complexity index is 2380. The molecule has 15 unspecified atom stereocenters. The molecule has 3 saturated heterocycles. The lowest BCUT2D eigenvalue weighted by molar-refractivity contribution is -0.387. The molecule has 8 rings (SSSR count). The molecule has 5 aliphatic carbocycles. The van der Waals surface area contributed by atoms with Crippen LogP contribution in [0.2, 0.25) is 0 Å². The number of allylic oxidation sites excluding steroid dienone is 3. The maximum atomic E-state index is 13.9. The van der Waals surface area contributed by atoms with Gasteiger partial charge in [0, 0.05) is 33.8 Å². The van der Waals surface area contributed by atoms with E-state index in [1.165, 1.54) is 0 Å². The molecule has 80 heavy (non-hydrogen) atoms. The van der Waals surface area contributed by atoms with Crippen molar-refractivity contribution in [1.29, 1.82) is 0 Å². The van der Waals surface area contributed by atoms with Crippen LogP contribution in [0.1, 0.15) is 114 Å². The minimum atomic E-state index is -2.09. The summed E-state index contributed by atoms with van der Waals surface area (Å²) in [7, 11) is 0. The van der Waals surface area contributed by atoms with Gasteiger partial charge in [0.05, 0.1) is 56.3 Å². The van der Waals surface area contributed by atoms with E-state index in [2.05, 4.69) is 19.9 Å². The maximum Gasteiger partial charge on any atom is 0.335 e. The van der Waals surface area contributed by atoms with Crippen molar-refractivity contribution in [3.8, 4) is 0 Å². The number of hydrogen-bond acceptors (Lipinski definition) is 22. The van der Waals surface area contributed by atoms with Crippen molar-refractivity contribution < 1.29 is 114 Å². The van der Waals surface area contributed by atoms with Gasteiger partial charge in [0.1, 0.15) is 54.9 Å². The minimum Gasteiger partial charge on any atom is -0.479 e. The minimum absolute atomic E-state index is 0.0965. The van der Waals surface area contributed by atoms with Gasteiger partial charge in [-0.3, -0.25) is 0 Å². The summed E-state index contributed by atoms with van der Waals surface area (Å²) in [6.07, 6.45) is -22.0. The van der Waals surface area contributed by atoms with Crippen molar-refractivity contribution in [1.82, 2.24) is 0 Å². The fourth-order valence-corrected chi connectivity index (χ4v) is 16.2. The molecule has 0 radical (unpaired) electrons. The van der Waals surface area contributed by atoms with E-state index in [-0.39, 0.29) is 36.7 Å². The van der Waals surface area contributed by atoms with Gasteiger partial charge in [0.25, 0.3) is 0 Å². The van der Waals surface area contributed by atoms with E-state index in [1.54, 1.807) is 39.8 Å². The van der Waals surface area contributed by atoms with Crippen LogP contribution in [0.3, 0.4) is 0 Å². The summed E-state index contributed by atoms with van der Waals surface area (Å²) in [6, 6.07) is 0. The molecule has 23 nitrogen and oxygen atoms in total. The lowest BCUT2D eigenvalue weighted by atomic mass is 9.32. The number of rotatable bonds is 15. The van der Waals surface area contributed by atoms with Crippen molar-refractivity contribution in [3.63, 3.8) is 0 Å². The number of aliphatic hydroxyl groups is 11. The summed E-state index contributed by atoms with van der Waals surface area (Å²) >= 11 is 0. The van der Waals surface area contributed by atoms with Crippen LogP contribution in [0.5, 0.6) is 0 Å². The van der Waals surface area contributed by atoms with Crippen LogP contribution in [-0.4, -0.2) is 216 Å². The highest BCUT2D eigenvalue weighted by molar-refractivity contribution is 5.89. The first-order valence-electron chi connectivity index (χ1n) is 28.2. The smallest absolute Gasteiger partial charge is 0.335 e. The molecule has 0 spiro atoms. The number of hydrogen-bond donors (Lipinski definition) is 12. The Morgan fingerprint density at radius 3 is 1.86 bits per heavy atom. The molecule has 3 heterocycles. The second-order valence-corrected chi connectivity index (χ2v) is 25.8. The molecule has 26 atom stereocenters. The first-order valence-corrected chi connectivity index (χ1v) is 28.2. The predicted octanol–water partition coefficient (Wildman–Crippen LogP) is 0.264. The molecule has 0 bridgehead atoms. The molecule has 0 aromatic heterocycles. The molecule has 0 aromatic carbocycles. The Balaban J connectivity index is 1.15. The number of esters is 2. The fourth-order valence-electron chi connectivity index (χ4n) is 16.2. The first kappa shape index (κ1) is 63.0. The average Bonchev–Trinajstić information content (AvgIpc) is 3.91. The molecule has 8 aliphatic rings. The van der Waals surface area contributed by atoms with Crippen LogP contribution in [0.4, 0.5) is 0 Å². The lowest BCUT2D eigenvalue weighted by Gasteiger charge is -2.73. The number of carboxylic acids is 1. The Morgan fingerprint density at radius 2 is 1.30 bits per heavy atom. The van der Waals surface area contributed by atoms with E-state index in [0.29, 0.717) is 31.3 Å². The van der Waals surface area contributed by atoms with Gasteiger partial charge in [0.2, 0.25) is 0 Å². The van der Waals surface area contributed by atoms with E-state index in [1.807, 2.05) is 27.7 Å². The summed E-state index contributed by atoms with van der Waals surface area (Å²) in [4.78, 5) is 40.3. The fraction of sp³-hybridized carbons (Fsp3) is 0.842. The third-order valence-corrected chi connectivity index (χ3v) is 21.4. The SMILES string of the molecule is C/C=C(/C)C(=O)O[C@H]1[C@H](OC(=O)/C(C)=C\C)[C@@]2(CO)C(CC1(C)C)C1=CCC3[C@@]4(C)CC[C@H](OC5OC(C(=O)O)C(O)C(OC6O[C@@H](CO)C[C@@H]6O)C5OC5OC(CO)C(O)C(O)C5O)[C@](C)(CO)C4CC[C@@]3(C)[C@]1(C)[C@@H](O)C2O. The summed E-state index contributed by atoms with van der Waals surface area (Å²) in [6.45, 7) is 15.8. The van der Waals surface area contributed by atoms with Gasteiger partial charge in [-0.1, -0.05) is 65.3 Å². The number of carboxylic acid groups (broad SMARTS) is 1. The summed E-state index contributed by atoms with van der Waals surface area (Å²) in [5.41, 5.74) is -5.10. The molecular formula is C57H88O23. The molecule has 0 aromatic rings. The Labute approximate surface area is 466 Å². The van der Waals surface area contributed by atoms with Crippen LogP contribution >= 0.6 is 0 Å². The number of carbonyl (C=O) groups is 3. The third kappa shape index (κ3) is 9.85. The molecule has 454 valence electrons. The summed E-state index contributed by atoms with van der Waals surface area (Å²) in [5, 5.41) is 135. The van der Waals surface area contributed by atoms with E-state index >= 15 is 0 Å². The van der Waals surface area contributed by atoms with Gasteiger partial charge >= 0.3 is 17.9 Å². The van der Waals surface area contributed by atoms with Crippen LogP contribution in [0.25, 0.3) is 0 Å². The maximum absolute atomic E-state index is 13.9. The normalized spacial score (nSPS) is 49.3. The van der Waals surface area contributed by atoms with Gasteiger partial charge in [-0.15, -0.1) is 0 Å². The number of fused-ring (bicyclic) bond motifs is 7. The van der Waals surface area contributed by atoms with Crippen molar-refractivity contribution >= 4 is 17.9 Å². The second kappa shape index (κ2) is 23.1. The Kier molecular flexibility index (Phi) is 18.2. The standard InChI is InChI=1S/C57H88O23/c1-11-25(3)47(71)79-44-45(80-48(72)26(4)12-2)57(24-61)29(20-52(44,5)6)28-13-14-33-53(7)17-16-34(54(8,23-60)32(53)15-18-55(33,9)56(28,10)42(67)43(57)68)75-51-41(78-50-37(65)36(64)35(63)31(22-59)74-50)39(38(66)40(77-51)46(69)70)76-49-30(62)19-27(21-58)73-49/h11-13,27,29-45,49-51,58-68H,14-24H2,1-10H3,(H,69,70)/b25-11-,26-12-/t27-,29?,30+,31?,32?,33?,34+,35?,36?,37?,38?,39?,40?,41?,42+,43?,44+,45+,49?,50?,51?,53+,54-,55-,56+,57+/m1/s1. The zero-order chi connectivity index (χ0) is 59.1. The summed E-state index contributed by atoms with van der Waals surface area (Å²) in [5.74, 6) is -4.35. The lowest BCUT2D eigenvalue weighted by Crippen LogP contribution is -2.76. The van der Waals surface area contributed by atoms with Gasteiger partial charge in [-0.05, 0) is 94.8 Å². The average molecular weight is 1140 g/mol. The predicted molar refractivity (Wildman–Crippen MR) is 277 cm³/mol. The molecule has 23 heteroatoms. The Hall–Kier alpha value is -3.05. The first-order chi connectivity index (χ1) is 37.5. The Morgan fingerprint density at radius 1 is 0.675 bits per heavy atom. The highest BCUT2D eigenvalue weighted by Crippen LogP contribution is 2.76. The number of aliphatic hydroxyl groups excluding tert-OH is 11. The molecule has 7 fully saturated rings. The molecule has 0 amide bonds. The van der Waals surface area contributed by atoms with Crippen molar-refractivity contribution in [2.24, 2.45) is 50.2 Å². The highest BCUT2D eigenvalue weighted by atomic mass is 16.8. The van der Waals surface area contributed by atoms with E-state index < -0.39 is 193 Å². The monoisotopic (exact) mass is 1140 g/mol. The van der Waals surface area contributed by atoms with Gasteiger partial charge in [0.15, 0.2) is 31.1 Å². The molecule has 12 N–H and O–H groups in total. The van der Waals surface area contributed by atoms with Crippen molar-refractivity contribution in [3.05, 3.63) is 34.9 Å². The van der Waals surface area contributed by atoms with E-state index in [4.69, 9.17) is 37.9 Å². The topological polar surface area (TPSA) is 368 Å². The van der Waals surface area contributed by atoms with Crippen LogP contribution < -0.4 is 0 Å². The van der Waals surface area contributed by atoms with Gasteiger partial charge < -0.3 is 99.2 Å². The second-order valence-electron chi connectivity index (χ2n) is 25.8. The summed E-state index contributed by atoms with van der Waals surface area (Å²) < 4.78 is 49.2. The number of aliphatic carboxylic acids is 1. The van der Waals surface area contributed by atoms with E-state index in [0.717, 1.165) is 5.57 Å². The molecule has 3 aliphatic heterocycles. The van der Waals surface area contributed by atoms with Crippen LogP contribution in [0.15, 0.2) is 34.9 Å². The number of ether oxygens (including phenoxy) is 8. The van der Waals surface area contributed by atoms with Crippen LogP contribution in [0, 0.1) is 50.2 Å². The zero-order valence-corrected chi connectivity index (χ0v) is 47.5. The van der Waals surface area contributed by atoms with Gasteiger partial charge in [-0.2, -0.15) is 0 Å². The highest BCUT2D eigenvalue weighted by Gasteiger charge is 2.77. The molecule has 4 saturated carbocycles. The largest absolute Gasteiger partial charge is 0.479 e. The number of carbonyl (C=O) groups excluding carboxylic acids is 2.